The molecule has 1 radical (unpaired) electrons. The number of alkyl halides is 3. The zero-order chi connectivity index (χ0) is 33.2. The third kappa shape index (κ3) is 7.87. The van der Waals surface area contributed by atoms with Crippen molar-refractivity contribution in [2.45, 2.75) is 51.7 Å². The van der Waals surface area contributed by atoms with E-state index in [0.29, 0.717) is 17.8 Å². The second-order valence-electron chi connectivity index (χ2n) is 10.9. The number of piperidine rings is 1. The molecule has 1 saturated heterocycles. The number of anilines is 1. The summed E-state index contributed by atoms with van der Waals surface area (Å²) in [4.78, 5) is 41.9. The molecule has 10 nitrogen and oxygen atoms in total. The van der Waals surface area contributed by atoms with Gasteiger partial charge in [0.2, 0.25) is 15.9 Å². The number of esters is 1. The lowest BCUT2D eigenvalue weighted by molar-refractivity contribution is -0.140. The number of nitrogens with one attached hydrogen (secondary N) is 1. The number of carbonyl (C=O) groups excluding carboxylic acids is 3. The Morgan fingerprint density at radius 2 is 1.82 bits per heavy atom. The normalized spacial score (nSPS) is 16.8. The average Bonchev–Trinajstić information content (AvgIpc) is 3.26. The number of amides is 2. The van der Waals surface area contributed by atoms with E-state index in [1.54, 1.807) is 24.6 Å². The molecule has 0 atom stereocenters. The van der Waals surface area contributed by atoms with Gasteiger partial charge in [0.25, 0.3) is 5.91 Å². The van der Waals surface area contributed by atoms with Crippen molar-refractivity contribution in [1.29, 1.82) is 0 Å². The summed E-state index contributed by atoms with van der Waals surface area (Å²) in [6.45, 7) is 4.75. The number of aliphatic imine (C=N–C) groups is 1. The highest BCUT2D eigenvalue weighted by Gasteiger charge is 2.47. The molecule has 45 heavy (non-hydrogen) atoms. The molecule has 1 fully saturated rings. The predicted molar refractivity (Wildman–Crippen MR) is 157 cm³/mol. The summed E-state index contributed by atoms with van der Waals surface area (Å²) < 4.78 is 85.9. The second-order valence-corrected chi connectivity index (χ2v) is 13.0. The van der Waals surface area contributed by atoms with Crippen LogP contribution in [0.2, 0.25) is 0 Å². The molecule has 0 saturated carbocycles. The molecule has 4 rings (SSSR count). The van der Waals surface area contributed by atoms with Gasteiger partial charge in [0, 0.05) is 51.2 Å². The van der Waals surface area contributed by atoms with E-state index in [0.717, 1.165) is 17.2 Å². The van der Waals surface area contributed by atoms with E-state index in [-0.39, 0.29) is 68.6 Å². The molecule has 0 unspecified atom stereocenters. The predicted octanol–water partition coefficient (Wildman–Crippen LogP) is 3.56. The van der Waals surface area contributed by atoms with Crippen molar-refractivity contribution in [1.82, 2.24) is 9.62 Å². The van der Waals surface area contributed by atoms with Crippen LogP contribution < -0.4 is 10.2 Å². The van der Waals surface area contributed by atoms with Gasteiger partial charge in [-0.3, -0.25) is 19.4 Å². The quantitative estimate of drug-likeness (QED) is 0.238. The molecule has 2 aliphatic heterocycles. The highest BCUT2D eigenvalue weighted by molar-refractivity contribution is 7.89. The van der Waals surface area contributed by atoms with Crippen LogP contribution in [-0.4, -0.2) is 73.9 Å². The van der Waals surface area contributed by atoms with Crippen molar-refractivity contribution in [2.75, 3.05) is 36.9 Å². The number of hydrogen-bond acceptors (Lipinski definition) is 7. The molecule has 2 aromatic carbocycles. The van der Waals surface area contributed by atoms with E-state index in [2.05, 4.69) is 10.3 Å². The molecule has 243 valence electrons. The number of ether oxygens (including phenoxy) is 1. The SMILES string of the molecule is CC(=O)OC[CH]CN(C(C)=O)c1ccc(CCS(=O)(=O)N2CCC3(CC2)N=C(c2ccc(F)c(C(F)(F)F)c2)NC3=O)c(C)c1. The van der Waals surface area contributed by atoms with Crippen LogP contribution in [-0.2, 0) is 41.7 Å². The van der Waals surface area contributed by atoms with E-state index in [1.807, 2.05) is 6.92 Å². The monoisotopic (exact) mass is 653 g/mol. The van der Waals surface area contributed by atoms with Crippen molar-refractivity contribution < 1.29 is 45.1 Å². The summed E-state index contributed by atoms with van der Waals surface area (Å²) in [5.74, 6) is -2.97. The van der Waals surface area contributed by atoms with Crippen LogP contribution in [0.15, 0.2) is 41.4 Å². The number of sulfonamides is 1. The van der Waals surface area contributed by atoms with Gasteiger partial charge in [0.1, 0.15) is 17.2 Å². The Bertz CT molecular complexity index is 1620. The molecule has 2 aromatic rings. The Labute approximate surface area is 258 Å². The van der Waals surface area contributed by atoms with Gasteiger partial charge in [0.15, 0.2) is 0 Å². The van der Waals surface area contributed by atoms with Crippen LogP contribution >= 0.6 is 0 Å². The zero-order valence-corrected chi connectivity index (χ0v) is 25.7. The van der Waals surface area contributed by atoms with Gasteiger partial charge >= 0.3 is 12.1 Å². The van der Waals surface area contributed by atoms with Gasteiger partial charge in [0.05, 0.1) is 17.9 Å². The van der Waals surface area contributed by atoms with Gasteiger partial charge in [-0.15, -0.1) is 0 Å². The standard InChI is InChI=1S/C30H33F4N4O6S/c1-19-17-24(38(20(2)39)12-4-15-44-21(3)40)7-5-22(19)9-16-45(42,43)37-13-10-29(11-14-37)28(41)35-27(36-29)23-6-8-26(31)25(18-23)30(32,33)34/h4-8,17-18H,9-16H2,1-3H3,(H,35,36,41). The lowest BCUT2D eigenvalue weighted by Gasteiger charge is -2.34. The largest absolute Gasteiger partial charge is 0.465 e. The van der Waals surface area contributed by atoms with Crippen LogP contribution in [0.1, 0.15) is 48.9 Å². The summed E-state index contributed by atoms with van der Waals surface area (Å²) >= 11 is 0. The van der Waals surface area contributed by atoms with E-state index in [1.165, 1.54) is 23.1 Å². The summed E-state index contributed by atoms with van der Waals surface area (Å²) in [7, 11) is -3.74. The Kier molecular flexibility index (Phi) is 10.0. The van der Waals surface area contributed by atoms with Crippen LogP contribution in [0.25, 0.3) is 0 Å². The minimum atomic E-state index is -4.93. The molecular weight excluding hydrogens is 620 g/mol. The Morgan fingerprint density at radius 1 is 1.13 bits per heavy atom. The van der Waals surface area contributed by atoms with Crippen molar-refractivity contribution in [3.8, 4) is 0 Å². The van der Waals surface area contributed by atoms with E-state index >= 15 is 0 Å². The fourth-order valence-corrected chi connectivity index (χ4v) is 6.76. The first-order chi connectivity index (χ1) is 21.0. The molecule has 15 heteroatoms. The van der Waals surface area contributed by atoms with Crippen molar-refractivity contribution in [2.24, 2.45) is 4.99 Å². The molecule has 2 aliphatic rings. The fraction of sp³-hybridized carbons (Fsp3) is 0.433. The lowest BCUT2D eigenvalue weighted by atomic mass is 9.89. The Balaban J connectivity index is 1.38. The van der Waals surface area contributed by atoms with Crippen molar-refractivity contribution >= 4 is 39.3 Å². The van der Waals surface area contributed by atoms with Gasteiger partial charge in [-0.1, -0.05) is 6.07 Å². The molecule has 1 N–H and O–H groups in total. The van der Waals surface area contributed by atoms with E-state index < -0.39 is 45.0 Å². The number of carbonyl (C=O) groups is 3. The summed E-state index contributed by atoms with van der Waals surface area (Å²) in [5, 5.41) is 2.48. The van der Waals surface area contributed by atoms with Crippen molar-refractivity contribution in [3.63, 3.8) is 0 Å². The first-order valence-electron chi connectivity index (χ1n) is 14.1. The van der Waals surface area contributed by atoms with Gasteiger partial charge in [-0.25, -0.2) is 17.1 Å². The second kappa shape index (κ2) is 13.3. The first-order valence-corrected chi connectivity index (χ1v) is 15.7. The first kappa shape index (κ1) is 34.0. The molecule has 0 bridgehead atoms. The Morgan fingerprint density at radius 3 is 2.42 bits per heavy atom. The highest BCUT2D eigenvalue weighted by atomic mass is 32.2. The van der Waals surface area contributed by atoms with Gasteiger partial charge < -0.3 is 15.0 Å². The van der Waals surface area contributed by atoms with E-state index in [9.17, 15) is 40.4 Å². The van der Waals surface area contributed by atoms with Crippen LogP contribution in [0.5, 0.6) is 0 Å². The number of amidine groups is 1. The average molecular weight is 654 g/mol. The number of hydrogen-bond donors (Lipinski definition) is 1. The molecule has 2 amide bonds. The van der Waals surface area contributed by atoms with Crippen molar-refractivity contribution in [3.05, 3.63) is 70.9 Å². The maximum Gasteiger partial charge on any atom is 0.419 e. The molecule has 1 spiro atoms. The molecule has 0 aliphatic carbocycles. The third-order valence-corrected chi connectivity index (χ3v) is 9.70. The summed E-state index contributed by atoms with van der Waals surface area (Å²) in [6.07, 6.45) is -3.03. The lowest BCUT2D eigenvalue weighted by Crippen LogP contribution is -2.50. The van der Waals surface area contributed by atoms with Crippen LogP contribution in [0.4, 0.5) is 23.2 Å². The number of benzene rings is 2. The number of halogens is 4. The number of nitrogens with zero attached hydrogens (tertiary/aromatic N) is 3. The molecular formula is C30H33F4N4O6S. The van der Waals surface area contributed by atoms with Crippen LogP contribution in [0, 0.1) is 19.2 Å². The highest BCUT2D eigenvalue weighted by Crippen LogP contribution is 2.35. The minimum Gasteiger partial charge on any atom is -0.465 e. The molecule has 2 heterocycles. The fourth-order valence-electron chi connectivity index (χ4n) is 5.29. The van der Waals surface area contributed by atoms with Crippen LogP contribution in [0.3, 0.4) is 0 Å². The Hall–Kier alpha value is -3.85. The minimum absolute atomic E-state index is 0.0148. The smallest absolute Gasteiger partial charge is 0.419 e. The number of aryl methyl sites for hydroxylation is 2. The third-order valence-electron chi connectivity index (χ3n) is 7.83. The maximum absolute atomic E-state index is 13.7. The maximum atomic E-state index is 13.7. The van der Waals surface area contributed by atoms with Gasteiger partial charge in [-0.05, 0) is 67.6 Å². The van der Waals surface area contributed by atoms with E-state index in [4.69, 9.17) is 4.74 Å². The topological polar surface area (TPSA) is 125 Å². The summed E-state index contributed by atoms with van der Waals surface area (Å²) in [5.41, 5.74) is -0.752. The number of rotatable bonds is 10. The zero-order valence-electron chi connectivity index (χ0n) is 24.9. The molecule has 0 aromatic heterocycles. The summed E-state index contributed by atoms with van der Waals surface area (Å²) in [6, 6.07) is 7.59. The van der Waals surface area contributed by atoms with Gasteiger partial charge in [-0.2, -0.15) is 13.2 Å².